The minimum absolute atomic E-state index is 0.0702. The van der Waals surface area contributed by atoms with Crippen molar-refractivity contribution in [3.05, 3.63) is 46.9 Å². The Morgan fingerprint density at radius 1 is 1.25 bits per heavy atom. The maximum Gasteiger partial charge on any atom is 0.255 e. The number of rotatable bonds is 1. The molecule has 3 heterocycles. The van der Waals surface area contributed by atoms with Gasteiger partial charge in [-0.05, 0) is 18.2 Å². The van der Waals surface area contributed by atoms with Gasteiger partial charge in [-0.2, -0.15) is 0 Å². The standard InChI is InChI=1S/C15H10N2O3/c1-20-8-2-3-9-11(6-8)17-13(19)5-4-10-15(17)14(9)12(18)7-16-10/h2-7,18H,1H3. The van der Waals surface area contributed by atoms with Gasteiger partial charge >= 0.3 is 0 Å². The summed E-state index contributed by atoms with van der Waals surface area (Å²) in [5.41, 5.74) is 1.87. The summed E-state index contributed by atoms with van der Waals surface area (Å²) in [6, 6.07) is 8.58. The van der Waals surface area contributed by atoms with Crippen LogP contribution in [0.15, 0.2) is 41.3 Å². The van der Waals surface area contributed by atoms with Crippen LogP contribution in [-0.4, -0.2) is 21.6 Å². The first-order chi connectivity index (χ1) is 9.70. The van der Waals surface area contributed by atoms with E-state index in [2.05, 4.69) is 4.98 Å². The molecular formula is C15H10N2O3. The summed E-state index contributed by atoms with van der Waals surface area (Å²) in [4.78, 5) is 16.4. The van der Waals surface area contributed by atoms with Crippen molar-refractivity contribution in [1.82, 2.24) is 9.38 Å². The average Bonchev–Trinajstić information content (AvgIpc) is 2.81. The summed E-state index contributed by atoms with van der Waals surface area (Å²) < 4.78 is 6.78. The number of pyridine rings is 2. The van der Waals surface area contributed by atoms with Crippen molar-refractivity contribution in [2.75, 3.05) is 7.11 Å². The second kappa shape index (κ2) is 3.60. The van der Waals surface area contributed by atoms with Crippen LogP contribution in [0.4, 0.5) is 0 Å². The van der Waals surface area contributed by atoms with Crippen LogP contribution >= 0.6 is 0 Å². The zero-order chi connectivity index (χ0) is 13.9. The van der Waals surface area contributed by atoms with E-state index in [4.69, 9.17) is 4.74 Å². The van der Waals surface area contributed by atoms with Crippen LogP contribution in [0.25, 0.3) is 27.3 Å². The third kappa shape index (κ3) is 1.21. The number of nitrogens with zero attached hydrogens (tertiary/aromatic N) is 2. The Hall–Kier alpha value is -2.82. The Balaban J connectivity index is 2.43. The molecule has 1 N–H and O–H groups in total. The summed E-state index contributed by atoms with van der Waals surface area (Å²) in [7, 11) is 1.58. The predicted molar refractivity (Wildman–Crippen MR) is 75.9 cm³/mol. The number of fused-ring (bicyclic) bond motifs is 3. The van der Waals surface area contributed by atoms with E-state index < -0.39 is 0 Å². The fourth-order valence-electron chi connectivity index (χ4n) is 2.73. The Bertz CT molecular complexity index is 1020. The molecule has 0 atom stereocenters. The third-order valence-corrected chi connectivity index (χ3v) is 3.60. The van der Waals surface area contributed by atoms with Gasteiger partial charge in [0.1, 0.15) is 11.5 Å². The molecule has 0 fully saturated rings. The SMILES string of the molecule is COc1ccc2c3c(O)cnc4ccc(=O)n(c2c1)c43. The molecule has 0 aliphatic heterocycles. The number of aromatic hydroxyl groups is 1. The van der Waals surface area contributed by atoms with Gasteiger partial charge in [0.2, 0.25) is 0 Å². The van der Waals surface area contributed by atoms with Crippen molar-refractivity contribution in [3.63, 3.8) is 0 Å². The molecule has 0 spiro atoms. The van der Waals surface area contributed by atoms with E-state index in [-0.39, 0.29) is 11.3 Å². The predicted octanol–water partition coefficient (Wildman–Crippen LogP) is 2.15. The minimum Gasteiger partial charge on any atom is -0.506 e. The van der Waals surface area contributed by atoms with E-state index in [1.165, 1.54) is 12.3 Å². The molecule has 0 unspecified atom stereocenters. The second-order valence-electron chi connectivity index (χ2n) is 4.64. The van der Waals surface area contributed by atoms with Gasteiger partial charge in [0.05, 0.1) is 35.2 Å². The van der Waals surface area contributed by atoms with Gasteiger partial charge in [-0.3, -0.25) is 14.2 Å². The van der Waals surface area contributed by atoms with Crippen LogP contribution in [0.2, 0.25) is 0 Å². The molecule has 0 radical (unpaired) electrons. The highest BCUT2D eigenvalue weighted by atomic mass is 16.5. The van der Waals surface area contributed by atoms with E-state index in [1.54, 1.807) is 29.7 Å². The number of hydrogen-bond donors (Lipinski definition) is 1. The molecule has 1 aromatic carbocycles. The molecule has 4 rings (SSSR count). The molecule has 0 saturated carbocycles. The lowest BCUT2D eigenvalue weighted by molar-refractivity contribution is 0.415. The summed E-state index contributed by atoms with van der Waals surface area (Å²) >= 11 is 0. The van der Waals surface area contributed by atoms with Gasteiger partial charge in [-0.1, -0.05) is 0 Å². The first kappa shape index (κ1) is 11.0. The van der Waals surface area contributed by atoms with Crippen molar-refractivity contribution in [2.24, 2.45) is 0 Å². The topological polar surface area (TPSA) is 63.8 Å². The van der Waals surface area contributed by atoms with Gasteiger partial charge in [-0.25, -0.2) is 0 Å². The molecule has 20 heavy (non-hydrogen) atoms. The Morgan fingerprint density at radius 3 is 2.90 bits per heavy atom. The molecule has 0 aliphatic rings. The molecule has 0 aliphatic carbocycles. The molecule has 98 valence electrons. The van der Waals surface area contributed by atoms with E-state index >= 15 is 0 Å². The first-order valence-corrected chi connectivity index (χ1v) is 6.13. The van der Waals surface area contributed by atoms with Crippen molar-refractivity contribution in [3.8, 4) is 11.5 Å². The number of aromatic nitrogens is 2. The van der Waals surface area contributed by atoms with Crippen LogP contribution in [0.5, 0.6) is 11.5 Å². The monoisotopic (exact) mass is 266 g/mol. The lowest BCUT2D eigenvalue weighted by atomic mass is 10.1. The number of hydrogen-bond acceptors (Lipinski definition) is 4. The van der Waals surface area contributed by atoms with Crippen LogP contribution in [0.1, 0.15) is 0 Å². The zero-order valence-electron chi connectivity index (χ0n) is 10.6. The zero-order valence-corrected chi connectivity index (χ0v) is 10.6. The van der Waals surface area contributed by atoms with Crippen molar-refractivity contribution >= 4 is 27.3 Å². The normalized spacial score (nSPS) is 11.7. The maximum atomic E-state index is 12.2. The Labute approximate surface area is 113 Å². The first-order valence-electron chi connectivity index (χ1n) is 6.13. The van der Waals surface area contributed by atoms with Crippen LogP contribution in [0.3, 0.4) is 0 Å². The van der Waals surface area contributed by atoms with Crippen LogP contribution in [0, 0.1) is 0 Å². The third-order valence-electron chi connectivity index (χ3n) is 3.60. The maximum absolute atomic E-state index is 12.2. The van der Waals surface area contributed by atoms with Crippen molar-refractivity contribution in [1.29, 1.82) is 0 Å². The highest BCUT2D eigenvalue weighted by Gasteiger charge is 2.17. The fraction of sp³-hybridized carbons (Fsp3) is 0.0667. The summed E-state index contributed by atoms with van der Waals surface area (Å²) in [5.74, 6) is 0.730. The molecule has 5 heteroatoms. The summed E-state index contributed by atoms with van der Waals surface area (Å²) in [5, 5.41) is 11.5. The van der Waals surface area contributed by atoms with Crippen molar-refractivity contribution < 1.29 is 9.84 Å². The molecule has 0 saturated heterocycles. The van der Waals surface area contributed by atoms with Gasteiger partial charge in [-0.15, -0.1) is 0 Å². The highest BCUT2D eigenvalue weighted by molar-refractivity contribution is 6.15. The number of benzene rings is 1. The van der Waals surface area contributed by atoms with E-state index in [0.717, 1.165) is 5.39 Å². The molecule has 4 aromatic rings. The van der Waals surface area contributed by atoms with E-state index in [0.29, 0.717) is 27.7 Å². The Morgan fingerprint density at radius 2 is 2.10 bits per heavy atom. The van der Waals surface area contributed by atoms with Gasteiger partial charge < -0.3 is 9.84 Å². The average molecular weight is 266 g/mol. The van der Waals surface area contributed by atoms with Gasteiger partial charge in [0.15, 0.2) is 0 Å². The van der Waals surface area contributed by atoms with Gasteiger partial charge in [0.25, 0.3) is 5.56 Å². The molecule has 0 amide bonds. The van der Waals surface area contributed by atoms with E-state index in [9.17, 15) is 9.90 Å². The van der Waals surface area contributed by atoms with Crippen LogP contribution < -0.4 is 10.3 Å². The number of methoxy groups -OCH3 is 1. The Kier molecular flexibility index (Phi) is 1.99. The lowest BCUT2D eigenvalue weighted by Crippen LogP contribution is -2.10. The molecule has 3 aromatic heterocycles. The molecule has 5 nitrogen and oxygen atoms in total. The minimum atomic E-state index is -0.154. The molecule has 0 bridgehead atoms. The largest absolute Gasteiger partial charge is 0.506 e. The smallest absolute Gasteiger partial charge is 0.255 e. The van der Waals surface area contributed by atoms with Gasteiger partial charge in [0, 0.05) is 17.5 Å². The highest BCUT2D eigenvalue weighted by Crippen LogP contribution is 2.36. The molecular weight excluding hydrogens is 256 g/mol. The lowest BCUT2D eigenvalue weighted by Gasteiger charge is -2.00. The summed E-state index contributed by atoms with van der Waals surface area (Å²) in [6.45, 7) is 0. The van der Waals surface area contributed by atoms with E-state index in [1.807, 2.05) is 6.07 Å². The quantitative estimate of drug-likeness (QED) is 0.573. The van der Waals surface area contributed by atoms with Crippen LogP contribution in [-0.2, 0) is 0 Å². The summed E-state index contributed by atoms with van der Waals surface area (Å²) in [6.07, 6.45) is 1.41. The number of ether oxygens (including phenoxy) is 1. The fourth-order valence-corrected chi connectivity index (χ4v) is 2.73. The van der Waals surface area contributed by atoms with Crippen molar-refractivity contribution in [2.45, 2.75) is 0 Å². The second-order valence-corrected chi connectivity index (χ2v) is 4.64.